The lowest BCUT2D eigenvalue weighted by Gasteiger charge is -2.10. The quantitative estimate of drug-likeness (QED) is 0.576. The second-order valence-electron chi connectivity index (χ2n) is 5.87. The molecule has 4 aromatic rings. The number of hydrogen-bond acceptors (Lipinski definition) is 6. The summed E-state index contributed by atoms with van der Waals surface area (Å²) in [4.78, 5) is 20.9. The van der Waals surface area contributed by atoms with Crippen molar-refractivity contribution in [3.05, 3.63) is 66.6 Å². The third-order valence-corrected chi connectivity index (χ3v) is 4.18. The van der Waals surface area contributed by atoms with Gasteiger partial charge in [-0.3, -0.25) is 4.79 Å². The highest BCUT2D eigenvalue weighted by Crippen LogP contribution is 2.32. The van der Waals surface area contributed by atoms with Gasteiger partial charge >= 0.3 is 0 Å². The molecule has 0 bridgehead atoms. The van der Waals surface area contributed by atoms with Crippen LogP contribution in [0.15, 0.2) is 60.9 Å². The van der Waals surface area contributed by atoms with Gasteiger partial charge in [-0.05, 0) is 36.4 Å². The topological polar surface area (TPSA) is 90.6 Å². The first-order chi connectivity index (χ1) is 13.7. The van der Waals surface area contributed by atoms with Crippen molar-refractivity contribution in [3.8, 4) is 22.8 Å². The number of rotatable bonds is 5. The summed E-state index contributed by atoms with van der Waals surface area (Å²) in [5, 5.41) is 7.15. The minimum atomic E-state index is -0.359. The standard InChI is InChI=1S/C20H17N5O3/c1-27-16-7-6-13(11-17(16)28-2)15-8-10-22-19-12-14(24-25(15)19)20(26)23-18-5-3-4-9-21-18/h3-12H,1-2H3,(H,21,23,26). The van der Waals surface area contributed by atoms with Crippen molar-refractivity contribution in [1.82, 2.24) is 19.6 Å². The van der Waals surface area contributed by atoms with Crippen molar-refractivity contribution in [2.24, 2.45) is 0 Å². The fraction of sp³-hybridized carbons (Fsp3) is 0.100. The lowest BCUT2D eigenvalue weighted by Crippen LogP contribution is -2.13. The van der Waals surface area contributed by atoms with Crippen molar-refractivity contribution in [3.63, 3.8) is 0 Å². The average molecular weight is 375 g/mol. The molecule has 1 aromatic carbocycles. The maximum atomic E-state index is 12.5. The molecule has 3 aromatic heterocycles. The minimum Gasteiger partial charge on any atom is -0.493 e. The van der Waals surface area contributed by atoms with Gasteiger partial charge in [-0.25, -0.2) is 14.5 Å². The molecule has 3 heterocycles. The van der Waals surface area contributed by atoms with Crippen LogP contribution in [0, 0.1) is 0 Å². The maximum Gasteiger partial charge on any atom is 0.277 e. The highest BCUT2D eigenvalue weighted by atomic mass is 16.5. The van der Waals surface area contributed by atoms with Crippen molar-refractivity contribution < 1.29 is 14.3 Å². The molecule has 0 atom stereocenters. The number of anilines is 1. The molecule has 8 heteroatoms. The molecule has 0 aliphatic carbocycles. The Kier molecular flexibility index (Phi) is 4.59. The summed E-state index contributed by atoms with van der Waals surface area (Å²) in [6.07, 6.45) is 3.28. The van der Waals surface area contributed by atoms with Crippen LogP contribution in [0.5, 0.6) is 11.5 Å². The van der Waals surface area contributed by atoms with Crippen LogP contribution in [-0.4, -0.2) is 39.7 Å². The Hall–Kier alpha value is -3.94. The number of nitrogens with zero attached hydrogens (tertiary/aromatic N) is 4. The lowest BCUT2D eigenvalue weighted by atomic mass is 10.1. The molecule has 1 N–H and O–H groups in total. The van der Waals surface area contributed by atoms with E-state index in [1.54, 1.807) is 55.4 Å². The predicted octanol–water partition coefficient (Wildman–Crippen LogP) is 3.06. The van der Waals surface area contributed by atoms with Gasteiger partial charge in [-0.2, -0.15) is 5.10 Å². The number of amides is 1. The van der Waals surface area contributed by atoms with E-state index in [4.69, 9.17) is 9.47 Å². The molecule has 0 unspecified atom stereocenters. The Morgan fingerprint density at radius 1 is 0.964 bits per heavy atom. The van der Waals surface area contributed by atoms with Gasteiger partial charge in [0.15, 0.2) is 22.8 Å². The summed E-state index contributed by atoms with van der Waals surface area (Å²) < 4.78 is 12.3. The molecule has 140 valence electrons. The molecular weight excluding hydrogens is 358 g/mol. The van der Waals surface area contributed by atoms with Crippen molar-refractivity contribution >= 4 is 17.4 Å². The normalized spacial score (nSPS) is 10.6. The maximum absolute atomic E-state index is 12.5. The van der Waals surface area contributed by atoms with Crippen LogP contribution in [0.25, 0.3) is 16.9 Å². The molecule has 28 heavy (non-hydrogen) atoms. The second kappa shape index (κ2) is 7.36. The van der Waals surface area contributed by atoms with Crippen LogP contribution in [0.1, 0.15) is 10.5 Å². The van der Waals surface area contributed by atoms with Crippen LogP contribution in [0.4, 0.5) is 5.82 Å². The molecule has 4 rings (SSSR count). The van der Waals surface area contributed by atoms with Gasteiger partial charge in [-0.1, -0.05) is 6.07 Å². The Morgan fingerprint density at radius 2 is 1.82 bits per heavy atom. The van der Waals surface area contributed by atoms with E-state index in [1.807, 2.05) is 24.3 Å². The summed E-state index contributed by atoms with van der Waals surface area (Å²) in [5.74, 6) is 1.33. The number of aromatic nitrogens is 4. The van der Waals surface area contributed by atoms with Gasteiger partial charge in [-0.15, -0.1) is 0 Å². The zero-order valence-corrected chi connectivity index (χ0v) is 15.3. The zero-order chi connectivity index (χ0) is 19.5. The highest BCUT2D eigenvalue weighted by Gasteiger charge is 2.15. The smallest absolute Gasteiger partial charge is 0.277 e. The fourth-order valence-corrected chi connectivity index (χ4v) is 2.84. The summed E-state index contributed by atoms with van der Waals surface area (Å²) >= 11 is 0. The Morgan fingerprint density at radius 3 is 2.57 bits per heavy atom. The van der Waals surface area contributed by atoms with E-state index in [-0.39, 0.29) is 11.6 Å². The van der Waals surface area contributed by atoms with Gasteiger partial charge in [0.2, 0.25) is 0 Å². The zero-order valence-electron chi connectivity index (χ0n) is 15.3. The first-order valence-corrected chi connectivity index (χ1v) is 8.49. The summed E-state index contributed by atoms with van der Waals surface area (Å²) in [7, 11) is 3.17. The largest absolute Gasteiger partial charge is 0.493 e. The molecule has 0 radical (unpaired) electrons. The number of hydrogen-bond donors (Lipinski definition) is 1. The second-order valence-corrected chi connectivity index (χ2v) is 5.87. The summed E-state index contributed by atoms with van der Waals surface area (Å²) in [6, 6.07) is 14.3. The van der Waals surface area contributed by atoms with Crippen LogP contribution in [-0.2, 0) is 0 Å². The third-order valence-electron chi connectivity index (χ3n) is 4.18. The number of methoxy groups -OCH3 is 2. The number of carbonyl (C=O) groups is 1. The van der Waals surface area contributed by atoms with E-state index in [9.17, 15) is 4.79 Å². The molecule has 0 spiro atoms. The first kappa shape index (κ1) is 17.5. The average Bonchev–Trinajstić information content (AvgIpc) is 3.18. The van der Waals surface area contributed by atoms with Gasteiger partial charge in [0.05, 0.1) is 19.9 Å². The van der Waals surface area contributed by atoms with Gasteiger partial charge in [0, 0.05) is 24.0 Å². The third kappa shape index (κ3) is 3.23. The summed E-state index contributed by atoms with van der Waals surface area (Å²) in [5.41, 5.74) is 2.41. The fourth-order valence-electron chi connectivity index (χ4n) is 2.84. The number of nitrogens with one attached hydrogen (secondary N) is 1. The van der Waals surface area contributed by atoms with E-state index >= 15 is 0 Å². The Balaban J connectivity index is 1.72. The monoisotopic (exact) mass is 375 g/mol. The van der Waals surface area contributed by atoms with Gasteiger partial charge in [0.25, 0.3) is 5.91 Å². The number of pyridine rings is 1. The van der Waals surface area contributed by atoms with Crippen molar-refractivity contribution in [1.29, 1.82) is 0 Å². The molecule has 1 amide bonds. The van der Waals surface area contributed by atoms with E-state index in [2.05, 4.69) is 20.4 Å². The predicted molar refractivity (Wildman–Crippen MR) is 104 cm³/mol. The molecule has 8 nitrogen and oxygen atoms in total. The van der Waals surface area contributed by atoms with E-state index < -0.39 is 0 Å². The minimum absolute atomic E-state index is 0.242. The number of ether oxygens (including phenoxy) is 2. The van der Waals surface area contributed by atoms with Crippen LogP contribution < -0.4 is 14.8 Å². The van der Waals surface area contributed by atoms with Crippen molar-refractivity contribution in [2.75, 3.05) is 19.5 Å². The lowest BCUT2D eigenvalue weighted by molar-refractivity contribution is 0.102. The SMILES string of the molecule is COc1ccc(-c2ccnc3cc(C(=O)Nc4ccccn4)nn23)cc1OC. The molecule has 0 saturated heterocycles. The van der Waals surface area contributed by atoms with Crippen molar-refractivity contribution in [2.45, 2.75) is 0 Å². The summed E-state index contributed by atoms with van der Waals surface area (Å²) in [6.45, 7) is 0. The van der Waals surface area contributed by atoms with E-state index in [0.717, 1.165) is 11.3 Å². The number of benzene rings is 1. The van der Waals surface area contributed by atoms with E-state index in [0.29, 0.717) is 23.0 Å². The van der Waals surface area contributed by atoms with Gasteiger partial charge in [0.1, 0.15) is 5.82 Å². The molecule has 0 saturated carbocycles. The first-order valence-electron chi connectivity index (χ1n) is 8.49. The Bertz CT molecular complexity index is 1140. The Labute approximate surface area is 160 Å². The van der Waals surface area contributed by atoms with Crippen LogP contribution in [0.3, 0.4) is 0 Å². The number of fused-ring (bicyclic) bond motifs is 1. The molecular formula is C20H17N5O3. The highest BCUT2D eigenvalue weighted by molar-refractivity contribution is 6.03. The van der Waals surface area contributed by atoms with Crippen LogP contribution in [0.2, 0.25) is 0 Å². The van der Waals surface area contributed by atoms with E-state index in [1.165, 1.54) is 0 Å². The number of carbonyl (C=O) groups excluding carboxylic acids is 1. The molecule has 0 aliphatic heterocycles. The van der Waals surface area contributed by atoms with Crippen LogP contribution >= 0.6 is 0 Å². The van der Waals surface area contributed by atoms with Gasteiger partial charge < -0.3 is 14.8 Å². The molecule has 0 aliphatic rings. The molecule has 0 fully saturated rings.